The SMILES string of the molecule is C[C@H](NC(=O)CNC(=O)c1ccc(F)cc1)c1ccc(F)c(F)c1. The Kier molecular flexibility index (Phi) is 5.57. The van der Waals surface area contributed by atoms with E-state index in [1.54, 1.807) is 6.92 Å². The zero-order valence-corrected chi connectivity index (χ0v) is 12.8. The molecule has 4 nitrogen and oxygen atoms in total. The van der Waals surface area contributed by atoms with Crippen LogP contribution in [0.2, 0.25) is 0 Å². The lowest BCUT2D eigenvalue weighted by molar-refractivity contribution is -0.120. The molecule has 0 radical (unpaired) electrons. The van der Waals surface area contributed by atoms with E-state index in [4.69, 9.17) is 0 Å². The Morgan fingerprint density at radius 3 is 2.29 bits per heavy atom. The standard InChI is InChI=1S/C17H15F3N2O2/c1-10(12-4-7-14(19)15(20)8-12)22-16(23)9-21-17(24)11-2-5-13(18)6-3-11/h2-8,10H,9H2,1H3,(H,21,24)(H,22,23)/t10-/m0/s1. The Morgan fingerprint density at radius 1 is 1.00 bits per heavy atom. The molecule has 0 aromatic heterocycles. The van der Waals surface area contributed by atoms with E-state index in [1.165, 1.54) is 18.2 Å². The summed E-state index contributed by atoms with van der Waals surface area (Å²) >= 11 is 0. The lowest BCUT2D eigenvalue weighted by Gasteiger charge is -2.15. The predicted molar refractivity (Wildman–Crippen MR) is 81.6 cm³/mol. The van der Waals surface area contributed by atoms with Crippen LogP contribution >= 0.6 is 0 Å². The third kappa shape index (κ3) is 4.58. The van der Waals surface area contributed by atoms with Gasteiger partial charge in [0.1, 0.15) is 5.82 Å². The Morgan fingerprint density at radius 2 is 1.67 bits per heavy atom. The van der Waals surface area contributed by atoms with Crippen LogP contribution in [0.15, 0.2) is 42.5 Å². The largest absolute Gasteiger partial charge is 0.348 e. The van der Waals surface area contributed by atoms with Crippen molar-refractivity contribution in [2.45, 2.75) is 13.0 Å². The van der Waals surface area contributed by atoms with Crippen molar-refractivity contribution in [1.29, 1.82) is 0 Å². The number of halogens is 3. The molecule has 0 fully saturated rings. The van der Waals surface area contributed by atoms with Gasteiger partial charge in [-0.15, -0.1) is 0 Å². The van der Waals surface area contributed by atoms with Gasteiger partial charge in [0.2, 0.25) is 5.91 Å². The molecule has 1 atom stereocenters. The predicted octanol–water partition coefficient (Wildman–Crippen LogP) is 2.71. The van der Waals surface area contributed by atoms with Crippen molar-refractivity contribution < 1.29 is 22.8 Å². The van der Waals surface area contributed by atoms with Crippen molar-refractivity contribution in [3.8, 4) is 0 Å². The Balaban J connectivity index is 1.87. The van der Waals surface area contributed by atoms with Crippen molar-refractivity contribution >= 4 is 11.8 Å². The second-order valence-electron chi connectivity index (χ2n) is 5.15. The number of nitrogens with one attached hydrogen (secondary N) is 2. The van der Waals surface area contributed by atoms with Crippen molar-refractivity contribution in [3.05, 3.63) is 71.0 Å². The minimum Gasteiger partial charge on any atom is -0.348 e. The van der Waals surface area contributed by atoms with Crippen molar-refractivity contribution in [1.82, 2.24) is 10.6 Å². The van der Waals surface area contributed by atoms with Gasteiger partial charge in [-0.05, 0) is 48.9 Å². The monoisotopic (exact) mass is 336 g/mol. The molecule has 7 heteroatoms. The van der Waals surface area contributed by atoms with Gasteiger partial charge < -0.3 is 10.6 Å². The Labute approximate surface area is 136 Å². The summed E-state index contributed by atoms with van der Waals surface area (Å²) < 4.78 is 38.8. The smallest absolute Gasteiger partial charge is 0.251 e. The molecule has 2 aromatic rings. The molecule has 2 amide bonds. The second kappa shape index (κ2) is 7.63. The summed E-state index contributed by atoms with van der Waals surface area (Å²) in [5.41, 5.74) is 0.616. The zero-order chi connectivity index (χ0) is 17.7. The average Bonchev–Trinajstić information content (AvgIpc) is 2.55. The van der Waals surface area contributed by atoms with E-state index < -0.39 is 35.3 Å². The highest BCUT2D eigenvalue weighted by atomic mass is 19.2. The van der Waals surface area contributed by atoms with E-state index >= 15 is 0 Å². The first kappa shape index (κ1) is 17.5. The highest BCUT2D eigenvalue weighted by molar-refractivity contribution is 5.96. The van der Waals surface area contributed by atoms with Crippen LogP contribution in [0.1, 0.15) is 28.9 Å². The van der Waals surface area contributed by atoms with Gasteiger partial charge in [-0.25, -0.2) is 13.2 Å². The number of amides is 2. The maximum Gasteiger partial charge on any atom is 0.251 e. The van der Waals surface area contributed by atoms with Gasteiger partial charge in [-0.3, -0.25) is 9.59 Å². The van der Waals surface area contributed by atoms with E-state index in [-0.39, 0.29) is 12.1 Å². The summed E-state index contributed by atoms with van der Waals surface area (Å²) in [6.07, 6.45) is 0. The molecule has 0 spiro atoms. The van der Waals surface area contributed by atoms with Gasteiger partial charge in [0, 0.05) is 5.56 Å². The fourth-order valence-corrected chi connectivity index (χ4v) is 2.02. The topological polar surface area (TPSA) is 58.2 Å². The van der Waals surface area contributed by atoms with Gasteiger partial charge in [0.15, 0.2) is 11.6 Å². The molecular formula is C17H15F3N2O2. The molecule has 0 aliphatic rings. The zero-order valence-electron chi connectivity index (χ0n) is 12.8. The fourth-order valence-electron chi connectivity index (χ4n) is 2.02. The number of benzene rings is 2. The van der Waals surface area contributed by atoms with Crippen LogP contribution in [0.4, 0.5) is 13.2 Å². The summed E-state index contributed by atoms with van der Waals surface area (Å²) in [6, 6.07) is 7.65. The first-order chi connectivity index (χ1) is 11.4. The molecular weight excluding hydrogens is 321 g/mol. The van der Waals surface area contributed by atoms with Gasteiger partial charge in [0.05, 0.1) is 12.6 Å². The third-order valence-corrected chi connectivity index (χ3v) is 3.34. The first-order valence-corrected chi connectivity index (χ1v) is 7.15. The number of carbonyl (C=O) groups is 2. The number of rotatable bonds is 5. The molecule has 0 aliphatic heterocycles. The molecule has 2 N–H and O–H groups in total. The molecule has 0 bridgehead atoms. The first-order valence-electron chi connectivity index (χ1n) is 7.15. The van der Waals surface area contributed by atoms with Crippen molar-refractivity contribution in [2.24, 2.45) is 0 Å². The van der Waals surface area contributed by atoms with Crippen LogP contribution in [0.5, 0.6) is 0 Å². The quantitative estimate of drug-likeness (QED) is 0.882. The molecule has 2 rings (SSSR count). The molecule has 24 heavy (non-hydrogen) atoms. The van der Waals surface area contributed by atoms with Crippen molar-refractivity contribution in [2.75, 3.05) is 6.54 Å². The lowest BCUT2D eigenvalue weighted by atomic mass is 10.1. The molecule has 2 aromatic carbocycles. The lowest BCUT2D eigenvalue weighted by Crippen LogP contribution is -2.38. The van der Waals surface area contributed by atoms with Gasteiger partial charge in [0.25, 0.3) is 5.91 Å². The highest BCUT2D eigenvalue weighted by Gasteiger charge is 2.13. The maximum absolute atomic E-state index is 13.2. The maximum atomic E-state index is 13.2. The van der Waals surface area contributed by atoms with Gasteiger partial charge >= 0.3 is 0 Å². The fraction of sp³-hybridized carbons (Fsp3) is 0.176. The summed E-state index contributed by atoms with van der Waals surface area (Å²) in [7, 11) is 0. The average molecular weight is 336 g/mol. The molecule has 126 valence electrons. The van der Waals surface area contributed by atoms with E-state index in [2.05, 4.69) is 10.6 Å². The van der Waals surface area contributed by atoms with Crippen LogP contribution < -0.4 is 10.6 Å². The van der Waals surface area contributed by atoms with Crippen LogP contribution in [0, 0.1) is 17.5 Å². The van der Waals surface area contributed by atoms with E-state index in [1.807, 2.05) is 0 Å². The number of carbonyl (C=O) groups excluding carboxylic acids is 2. The van der Waals surface area contributed by atoms with Crippen LogP contribution in [-0.2, 0) is 4.79 Å². The Bertz CT molecular complexity index is 748. The molecule has 0 saturated heterocycles. The van der Waals surface area contributed by atoms with Gasteiger partial charge in [-0.1, -0.05) is 6.07 Å². The van der Waals surface area contributed by atoms with Gasteiger partial charge in [-0.2, -0.15) is 0 Å². The van der Waals surface area contributed by atoms with Crippen LogP contribution in [0.3, 0.4) is 0 Å². The summed E-state index contributed by atoms with van der Waals surface area (Å²) in [6.45, 7) is 1.30. The van der Waals surface area contributed by atoms with Crippen LogP contribution in [-0.4, -0.2) is 18.4 Å². The molecule has 0 aliphatic carbocycles. The van der Waals surface area contributed by atoms with E-state index in [9.17, 15) is 22.8 Å². The summed E-state index contributed by atoms with van der Waals surface area (Å²) in [5.74, 6) is -3.46. The summed E-state index contributed by atoms with van der Waals surface area (Å²) in [4.78, 5) is 23.6. The number of hydrogen-bond donors (Lipinski definition) is 2. The molecule has 0 saturated carbocycles. The summed E-state index contributed by atoms with van der Waals surface area (Å²) in [5, 5.41) is 4.94. The third-order valence-electron chi connectivity index (χ3n) is 3.34. The minimum atomic E-state index is -1.00. The highest BCUT2D eigenvalue weighted by Crippen LogP contribution is 2.15. The van der Waals surface area contributed by atoms with E-state index in [0.717, 1.165) is 24.3 Å². The minimum absolute atomic E-state index is 0.220. The Hall–Kier alpha value is -2.83. The van der Waals surface area contributed by atoms with E-state index in [0.29, 0.717) is 5.56 Å². The molecule has 0 unspecified atom stereocenters. The van der Waals surface area contributed by atoms with Crippen molar-refractivity contribution in [3.63, 3.8) is 0 Å². The number of hydrogen-bond acceptors (Lipinski definition) is 2. The second-order valence-corrected chi connectivity index (χ2v) is 5.15. The normalized spacial score (nSPS) is 11.7. The molecule has 0 heterocycles. The van der Waals surface area contributed by atoms with Crippen LogP contribution in [0.25, 0.3) is 0 Å².